The molecule has 0 aromatic heterocycles. The minimum Gasteiger partial charge on any atom is -0.335 e. The van der Waals surface area contributed by atoms with Crippen molar-refractivity contribution in [3.63, 3.8) is 0 Å². The van der Waals surface area contributed by atoms with Gasteiger partial charge in [-0.05, 0) is 32.1 Å². The normalized spacial score (nSPS) is 25.1. The summed E-state index contributed by atoms with van der Waals surface area (Å²) in [7, 11) is 0. The maximum atomic E-state index is 12.0. The molecule has 3 rings (SSSR count). The Bertz CT molecular complexity index is 423. The number of hydrogen-bond donors (Lipinski definition) is 1. The maximum Gasteiger partial charge on any atom is 0.317 e. The van der Waals surface area contributed by atoms with Crippen molar-refractivity contribution < 1.29 is 9.59 Å². The van der Waals surface area contributed by atoms with Crippen LogP contribution < -0.4 is 5.32 Å². The summed E-state index contributed by atoms with van der Waals surface area (Å²) in [4.78, 5) is 27.9. The third kappa shape index (κ3) is 2.41. The van der Waals surface area contributed by atoms with E-state index in [1.165, 1.54) is 0 Å². The monoisotopic (exact) mass is 277 g/mol. The molecule has 5 heteroatoms. The van der Waals surface area contributed by atoms with E-state index in [0.29, 0.717) is 19.0 Å². The van der Waals surface area contributed by atoms with Crippen LogP contribution in [0.5, 0.6) is 0 Å². The minimum atomic E-state index is -0.0262. The second-order valence-corrected chi connectivity index (χ2v) is 6.23. The standard InChI is InChI=1S/C15H23N3O2/c1-2-9-18-13(19)5-6-15(18)7-10-17(11-8-15)14(20)16-12-3-4-12/h2,12H,1,3-11H2,(H,16,20). The van der Waals surface area contributed by atoms with E-state index in [1.807, 2.05) is 9.80 Å². The van der Waals surface area contributed by atoms with Crippen LogP contribution in [0.2, 0.25) is 0 Å². The van der Waals surface area contributed by atoms with Gasteiger partial charge < -0.3 is 15.1 Å². The molecule has 2 heterocycles. The van der Waals surface area contributed by atoms with Crippen LogP contribution in [0, 0.1) is 0 Å². The number of likely N-dealkylation sites (tertiary alicyclic amines) is 2. The summed E-state index contributed by atoms with van der Waals surface area (Å²) in [5, 5.41) is 3.04. The molecule has 5 nitrogen and oxygen atoms in total. The van der Waals surface area contributed by atoms with Gasteiger partial charge in [-0.15, -0.1) is 6.58 Å². The van der Waals surface area contributed by atoms with Gasteiger partial charge in [0, 0.05) is 37.6 Å². The van der Waals surface area contributed by atoms with E-state index in [-0.39, 0.29) is 17.5 Å². The average Bonchev–Trinajstić information content (AvgIpc) is 3.21. The van der Waals surface area contributed by atoms with E-state index < -0.39 is 0 Å². The Balaban J connectivity index is 1.60. The summed E-state index contributed by atoms with van der Waals surface area (Å²) in [6, 6.07) is 0.477. The van der Waals surface area contributed by atoms with Crippen LogP contribution >= 0.6 is 0 Å². The van der Waals surface area contributed by atoms with Crippen molar-refractivity contribution in [2.75, 3.05) is 19.6 Å². The first-order valence-corrected chi connectivity index (χ1v) is 7.61. The van der Waals surface area contributed by atoms with Crippen LogP contribution in [0.3, 0.4) is 0 Å². The van der Waals surface area contributed by atoms with E-state index in [2.05, 4.69) is 11.9 Å². The fourth-order valence-electron chi connectivity index (χ4n) is 3.44. The molecule has 0 bridgehead atoms. The van der Waals surface area contributed by atoms with Gasteiger partial charge in [0.25, 0.3) is 0 Å². The second kappa shape index (κ2) is 5.11. The highest BCUT2D eigenvalue weighted by molar-refractivity contribution is 5.80. The number of amides is 3. The predicted molar refractivity (Wildman–Crippen MR) is 76.2 cm³/mol. The number of hydrogen-bond acceptors (Lipinski definition) is 2. The fraction of sp³-hybridized carbons (Fsp3) is 0.733. The van der Waals surface area contributed by atoms with Crippen LogP contribution in [0.15, 0.2) is 12.7 Å². The number of rotatable bonds is 3. The third-order valence-corrected chi connectivity index (χ3v) is 4.88. The molecule has 2 aliphatic heterocycles. The van der Waals surface area contributed by atoms with Gasteiger partial charge in [-0.2, -0.15) is 0 Å². The molecule has 20 heavy (non-hydrogen) atoms. The van der Waals surface area contributed by atoms with Crippen LogP contribution in [0.25, 0.3) is 0 Å². The average molecular weight is 277 g/mol. The topological polar surface area (TPSA) is 52.7 Å². The lowest BCUT2D eigenvalue weighted by Crippen LogP contribution is -2.55. The molecule has 0 aromatic rings. The van der Waals surface area contributed by atoms with Crippen molar-refractivity contribution in [3.8, 4) is 0 Å². The van der Waals surface area contributed by atoms with Gasteiger partial charge >= 0.3 is 6.03 Å². The highest BCUT2D eigenvalue weighted by Crippen LogP contribution is 2.39. The summed E-state index contributed by atoms with van der Waals surface area (Å²) < 4.78 is 0. The molecule has 3 aliphatic rings. The van der Waals surface area contributed by atoms with Gasteiger partial charge in [0.2, 0.25) is 5.91 Å². The van der Waals surface area contributed by atoms with E-state index in [4.69, 9.17) is 0 Å². The number of carbonyl (C=O) groups is 2. The quantitative estimate of drug-likeness (QED) is 0.795. The predicted octanol–water partition coefficient (Wildman–Crippen LogP) is 1.50. The van der Waals surface area contributed by atoms with Crippen molar-refractivity contribution in [3.05, 3.63) is 12.7 Å². The Labute approximate surface area is 120 Å². The Morgan fingerprint density at radius 3 is 2.65 bits per heavy atom. The first kappa shape index (κ1) is 13.5. The molecule has 3 fully saturated rings. The molecule has 1 aliphatic carbocycles. The van der Waals surface area contributed by atoms with Crippen LogP contribution in [-0.2, 0) is 4.79 Å². The van der Waals surface area contributed by atoms with E-state index in [0.717, 1.165) is 45.2 Å². The van der Waals surface area contributed by atoms with E-state index in [1.54, 1.807) is 6.08 Å². The lowest BCUT2D eigenvalue weighted by Gasteiger charge is -2.44. The zero-order valence-corrected chi connectivity index (χ0v) is 11.9. The molecule has 0 unspecified atom stereocenters. The van der Waals surface area contributed by atoms with Crippen molar-refractivity contribution >= 4 is 11.9 Å². The molecule has 0 radical (unpaired) electrons. The zero-order valence-electron chi connectivity index (χ0n) is 11.9. The molecule has 3 amide bonds. The highest BCUT2D eigenvalue weighted by Gasteiger charge is 2.46. The highest BCUT2D eigenvalue weighted by atomic mass is 16.2. The van der Waals surface area contributed by atoms with Crippen molar-refractivity contribution in [1.29, 1.82) is 0 Å². The Morgan fingerprint density at radius 1 is 1.35 bits per heavy atom. The molecule has 2 saturated heterocycles. The van der Waals surface area contributed by atoms with Gasteiger partial charge in [0.05, 0.1) is 0 Å². The summed E-state index contributed by atoms with van der Waals surface area (Å²) in [6.45, 7) is 5.88. The van der Waals surface area contributed by atoms with Crippen LogP contribution in [-0.4, -0.2) is 53.0 Å². The molecule has 110 valence electrons. The summed E-state index contributed by atoms with van der Waals surface area (Å²) >= 11 is 0. The third-order valence-electron chi connectivity index (χ3n) is 4.88. The summed E-state index contributed by atoms with van der Waals surface area (Å²) in [5.74, 6) is 0.237. The number of nitrogens with zero attached hydrogens (tertiary/aromatic N) is 2. The molecule has 1 N–H and O–H groups in total. The molecule has 1 spiro atoms. The maximum absolute atomic E-state index is 12.0. The molecular weight excluding hydrogens is 254 g/mol. The lowest BCUT2D eigenvalue weighted by molar-refractivity contribution is -0.131. The van der Waals surface area contributed by atoms with Gasteiger partial charge in [-0.25, -0.2) is 4.79 Å². The smallest absolute Gasteiger partial charge is 0.317 e. The van der Waals surface area contributed by atoms with Crippen LogP contribution in [0.4, 0.5) is 4.79 Å². The number of piperidine rings is 1. The van der Waals surface area contributed by atoms with E-state index >= 15 is 0 Å². The summed E-state index contributed by atoms with van der Waals surface area (Å²) in [5.41, 5.74) is -0.0262. The number of carbonyl (C=O) groups excluding carboxylic acids is 2. The number of urea groups is 1. The van der Waals surface area contributed by atoms with Gasteiger partial charge in [-0.1, -0.05) is 6.08 Å². The zero-order chi connectivity index (χ0) is 14.2. The van der Waals surface area contributed by atoms with Crippen LogP contribution in [0.1, 0.15) is 38.5 Å². The Morgan fingerprint density at radius 2 is 2.05 bits per heavy atom. The largest absolute Gasteiger partial charge is 0.335 e. The van der Waals surface area contributed by atoms with Gasteiger partial charge in [-0.3, -0.25) is 4.79 Å². The SMILES string of the molecule is C=CCN1C(=O)CCC12CCN(C(=O)NC1CC1)CC2. The van der Waals surface area contributed by atoms with Gasteiger partial charge in [0.15, 0.2) is 0 Å². The molecule has 1 saturated carbocycles. The van der Waals surface area contributed by atoms with Crippen molar-refractivity contribution in [1.82, 2.24) is 15.1 Å². The molecule has 0 aromatic carbocycles. The second-order valence-electron chi connectivity index (χ2n) is 6.23. The number of nitrogens with one attached hydrogen (secondary N) is 1. The lowest BCUT2D eigenvalue weighted by atomic mass is 9.85. The Kier molecular flexibility index (Phi) is 3.44. The Hall–Kier alpha value is -1.52. The first-order chi connectivity index (χ1) is 9.64. The van der Waals surface area contributed by atoms with E-state index in [9.17, 15) is 9.59 Å². The first-order valence-electron chi connectivity index (χ1n) is 7.61. The summed E-state index contributed by atoms with van der Waals surface area (Å²) in [6.07, 6.45) is 7.39. The molecule has 0 atom stereocenters. The van der Waals surface area contributed by atoms with Gasteiger partial charge in [0.1, 0.15) is 0 Å². The fourth-order valence-corrected chi connectivity index (χ4v) is 3.44. The minimum absolute atomic E-state index is 0.0262. The van der Waals surface area contributed by atoms with Crippen molar-refractivity contribution in [2.45, 2.75) is 50.1 Å². The molecular formula is C15H23N3O2. The van der Waals surface area contributed by atoms with Crippen molar-refractivity contribution in [2.24, 2.45) is 0 Å².